The number of hydrogen-bond donors (Lipinski definition) is 1. The second-order valence-corrected chi connectivity index (χ2v) is 12.1. The van der Waals surface area contributed by atoms with Crippen LogP contribution in [0.25, 0.3) is 0 Å². The molecule has 0 unspecified atom stereocenters. The molecule has 0 aliphatic heterocycles. The molecule has 1 amide bonds. The normalized spacial score (nSPS) is 21.2. The third-order valence-corrected chi connectivity index (χ3v) is 7.96. The van der Waals surface area contributed by atoms with Crippen LogP contribution in [0.15, 0.2) is 33.4 Å². The summed E-state index contributed by atoms with van der Waals surface area (Å²) in [6.07, 6.45) is 2.01. The molecule has 0 bridgehead atoms. The van der Waals surface area contributed by atoms with Crippen molar-refractivity contribution in [3.63, 3.8) is 0 Å². The van der Waals surface area contributed by atoms with Crippen molar-refractivity contribution in [3.05, 3.63) is 43.2 Å². The Morgan fingerprint density at radius 3 is 2.32 bits per heavy atom. The topological polar surface area (TPSA) is 76.1 Å². The van der Waals surface area contributed by atoms with Gasteiger partial charge in [-0.3, -0.25) is 0 Å². The Morgan fingerprint density at radius 2 is 1.81 bits per heavy atom. The van der Waals surface area contributed by atoms with Crippen LogP contribution in [0.3, 0.4) is 0 Å². The van der Waals surface area contributed by atoms with Crippen molar-refractivity contribution >= 4 is 50.7 Å². The number of thiophene rings is 2. The summed E-state index contributed by atoms with van der Waals surface area (Å²) in [6, 6.07) is 7.13. The van der Waals surface area contributed by atoms with Crippen molar-refractivity contribution in [2.75, 3.05) is 7.05 Å². The molecule has 2 aromatic heterocycles. The smallest absolute Gasteiger partial charge is 0.410 e. The molecule has 0 spiro atoms. The van der Waals surface area contributed by atoms with Gasteiger partial charge in [-0.05, 0) is 86.0 Å². The highest BCUT2D eigenvalue weighted by molar-refractivity contribution is 9.11. The van der Waals surface area contributed by atoms with Crippen LogP contribution in [-0.4, -0.2) is 46.9 Å². The lowest BCUT2D eigenvalue weighted by molar-refractivity contribution is -0.169. The average Bonchev–Trinajstić information content (AvgIpc) is 3.38. The summed E-state index contributed by atoms with van der Waals surface area (Å²) in [7, 11) is 1.75. The van der Waals surface area contributed by atoms with E-state index in [9.17, 15) is 14.7 Å². The van der Waals surface area contributed by atoms with Crippen molar-refractivity contribution in [1.82, 2.24) is 4.90 Å². The first-order valence-corrected chi connectivity index (χ1v) is 12.7. The van der Waals surface area contributed by atoms with E-state index in [-0.39, 0.29) is 18.2 Å². The lowest BCUT2D eigenvalue weighted by atomic mass is 9.91. The highest BCUT2D eigenvalue weighted by atomic mass is 79.9. The summed E-state index contributed by atoms with van der Waals surface area (Å²) in [5.74, 6) is -0.659. The first-order chi connectivity index (χ1) is 14.5. The highest BCUT2D eigenvalue weighted by Gasteiger charge is 2.45. The number of nitrogens with zero attached hydrogens (tertiary/aromatic N) is 1. The number of carbonyl (C=O) groups excluding carboxylic acids is 2. The van der Waals surface area contributed by atoms with Crippen molar-refractivity contribution in [2.24, 2.45) is 0 Å². The molecule has 9 heteroatoms. The van der Waals surface area contributed by atoms with Gasteiger partial charge in [0.15, 0.2) is 0 Å². The van der Waals surface area contributed by atoms with Gasteiger partial charge in [0.2, 0.25) is 5.60 Å². The van der Waals surface area contributed by atoms with Crippen LogP contribution in [0.4, 0.5) is 4.79 Å². The first kappa shape index (κ1) is 24.2. The quantitative estimate of drug-likeness (QED) is 0.515. The van der Waals surface area contributed by atoms with Crippen LogP contribution in [0.2, 0.25) is 0 Å². The van der Waals surface area contributed by atoms with Gasteiger partial charge in [0, 0.05) is 13.1 Å². The molecule has 1 saturated carbocycles. The zero-order valence-electron chi connectivity index (χ0n) is 18.1. The van der Waals surface area contributed by atoms with E-state index in [2.05, 4.69) is 15.9 Å². The Balaban J connectivity index is 1.64. The van der Waals surface area contributed by atoms with E-state index < -0.39 is 17.2 Å². The van der Waals surface area contributed by atoms with Gasteiger partial charge in [-0.1, -0.05) is 6.07 Å². The molecule has 1 fully saturated rings. The lowest BCUT2D eigenvalue weighted by Gasteiger charge is -2.36. The van der Waals surface area contributed by atoms with Crippen LogP contribution in [0, 0.1) is 0 Å². The molecule has 3 rings (SSSR count). The minimum atomic E-state index is -1.82. The Hall–Kier alpha value is -1.42. The minimum Gasteiger partial charge on any atom is -0.460 e. The number of amides is 1. The predicted molar refractivity (Wildman–Crippen MR) is 125 cm³/mol. The van der Waals surface area contributed by atoms with E-state index in [1.54, 1.807) is 30.1 Å². The molecular weight excluding hydrogens is 502 g/mol. The van der Waals surface area contributed by atoms with Gasteiger partial charge in [-0.15, -0.1) is 22.7 Å². The monoisotopic (exact) mass is 529 g/mol. The third-order valence-electron chi connectivity index (χ3n) is 5.25. The summed E-state index contributed by atoms with van der Waals surface area (Å²) in [6.45, 7) is 5.53. The molecule has 1 aliphatic rings. The van der Waals surface area contributed by atoms with Crippen LogP contribution in [0.5, 0.6) is 0 Å². The van der Waals surface area contributed by atoms with Crippen LogP contribution < -0.4 is 0 Å². The SMILES string of the molecule is CN(C(=O)OC(C)(C)C)C1CCC(OC(=O)[C@@](O)(c2cccs2)c2ccc(Br)s2)CC1. The Kier molecular flexibility index (Phi) is 7.50. The molecule has 1 aliphatic carbocycles. The third kappa shape index (κ3) is 5.69. The molecule has 0 radical (unpaired) electrons. The van der Waals surface area contributed by atoms with Gasteiger partial charge in [-0.2, -0.15) is 0 Å². The number of halogens is 1. The second kappa shape index (κ2) is 9.60. The molecular formula is C22H28BrNO5S2. The van der Waals surface area contributed by atoms with Gasteiger partial charge in [0.25, 0.3) is 0 Å². The Morgan fingerprint density at radius 1 is 1.13 bits per heavy atom. The largest absolute Gasteiger partial charge is 0.460 e. The number of aliphatic hydroxyl groups is 1. The molecule has 2 heterocycles. The van der Waals surface area contributed by atoms with Gasteiger partial charge < -0.3 is 19.5 Å². The molecule has 0 saturated heterocycles. The van der Waals surface area contributed by atoms with E-state index in [4.69, 9.17) is 9.47 Å². The van der Waals surface area contributed by atoms with Crippen molar-refractivity contribution in [3.8, 4) is 0 Å². The number of rotatable bonds is 5. The maximum atomic E-state index is 13.2. The maximum Gasteiger partial charge on any atom is 0.410 e. The predicted octanol–water partition coefficient (Wildman–Crippen LogP) is 5.53. The van der Waals surface area contributed by atoms with Crippen molar-refractivity contribution in [2.45, 2.75) is 69.8 Å². The zero-order chi connectivity index (χ0) is 22.8. The molecule has 1 N–H and O–H groups in total. The van der Waals surface area contributed by atoms with E-state index in [1.807, 2.05) is 32.2 Å². The molecule has 0 aromatic carbocycles. The fourth-order valence-electron chi connectivity index (χ4n) is 3.59. The number of hydrogen-bond acceptors (Lipinski definition) is 7. The van der Waals surface area contributed by atoms with E-state index in [0.29, 0.717) is 35.4 Å². The highest BCUT2D eigenvalue weighted by Crippen LogP contribution is 2.40. The summed E-state index contributed by atoms with van der Waals surface area (Å²) in [4.78, 5) is 28.2. The van der Waals surface area contributed by atoms with Gasteiger partial charge in [0.1, 0.15) is 11.7 Å². The fraction of sp³-hybridized carbons (Fsp3) is 0.545. The van der Waals surface area contributed by atoms with Gasteiger partial charge >= 0.3 is 12.1 Å². The number of carbonyl (C=O) groups is 2. The summed E-state index contributed by atoms with van der Waals surface area (Å²) in [5.41, 5.74) is -2.36. The Bertz CT molecular complexity index is 899. The number of ether oxygens (including phenoxy) is 2. The van der Waals surface area contributed by atoms with E-state index in [0.717, 1.165) is 3.79 Å². The molecule has 6 nitrogen and oxygen atoms in total. The first-order valence-electron chi connectivity index (χ1n) is 10.2. The van der Waals surface area contributed by atoms with Crippen LogP contribution in [0.1, 0.15) is 56.2 Å². The van der Waals surface area contributed by atoms with Gasteiger partial charge in [-0.25, -0.2) is 9.59 Å². The van der Waals surface area contributed by atoms with Crippen molar-refractivity contribution < 1.29 is 24.2 Å². The average molecular weight is 531 g/mol. The zero-order valence-corrected chi connectivity index (χ0v) is 21.3. The lowest BCUT2D eigenvalue weighted by Crippen LogP contribution is -2.44. The molecule has 2 aromatic rings. The van der Waals surface area contributed by atoms with Crippen LogP contribution >= 0.6 is 38.6 Å². The van der Waals surface area contributed by atoms with Gasteiger partial charge in [0.05, 0.1) is 13.5 Å². The molecule has 170 valence electrons. The summed E-state index contributed by atoms with van der Waals surface area (Å²) in [5, 5.41) is 13.3. The minimum absolute atomic E-state index is 0.0363. The van der Waals surface area contributed by atoms with E-state index >= 15 is 0 Å². The van der Waals surface area contributed by atoms with Crippen molar-refractivity contribution in [1.29, 1.82) is 0 Å². The summed E-state index contributed by atoms with van der Waals surface area (Å²) >= 11 is 6.03. The van der Waals surface area contributed by atoms with Crippen LogP contribution in [-0.2, 0) is 19.9 Å². The number of esters is 1. The summed E-state index contributed by atoms with van der Waals surface area (Å²) < 4.78 is 12.1. The standard InChI is InChI=1S/C22H28BrNO5S2/c1-21(2,3)29-20(26)24(4)14-7-9-15(10-8-14)28-19(25)22(27,16-6-5-13-30-16)17-11-12-18(23)31-17/h5-6,11-15,27H,7-10H2,1-4H3/t14?,15?,22-/m1/s1. The maximum absolute atomic E-state index is 13.2. The molecule has 31 heavy (non-hydrogen) atoms. The van der Waals surface area contributed by atoms with E-state index in [1.165, 1.54) is 22.7 Å². The fourth-order valence-corrected chi connectivity index (χ4v) is 5.95. The Labute approximate surface area is 199 Å². The molecule has 1 atom stereocenters. The second-order valence-electron chi connectivity index (χ2n) is 8.72.